The molecule has 0 atom stereocenters. The van der Waals surface area contributed by atoms with Gasteiger partial charge in [-0.25, -0.2) is 0 Å². The zero-order valence-corrected chi connectivity index (χ0v) is 38.7. The van der Waals surface area contributed by atoms with Crippen molar-refractivity contribution >= 4 is 133 Å². The first-order valence-corrected chi connectivity index (χ1v) is 24.4. The lowest BCUT2D eigenvalue weighted by molar-refractivity contribution is 0.0565. The largest absolute Gasteiger partial charge is 0.274 e. The second-order valence-electron chi connectivity index (χ2n) is 19.4. The second kappa shape index (κ2) is 14.5. The summed E-state index contributed by atoms with van der Waals surface area (Å²) >= 11 is 0. The molecule has 0 saturated carbocycles. The molecule has 12 heteroatoms. The number of carbonyl (C=O) groups excluding carboxylic acids is 8. The van der Waals surface area contributed by atoms with Crippen molar-refractivity contribution in [1.29, 1.82) is 0 Å². The number of rotatable bonds is 10. The maximum atomic E-state index is 14.4. The van der Waals surface area contributed by atoms with Gasteiger partial charge in [0.15, 0.2) is 0 Å². The van der Waals surface area contributed by atoms with Crippen LogP contribution in [-0.2, 0) is 0 Å². The third kappa shape index (κ3) is 5.13. The maximum Gasteiger partial charge on any atom is 0.261 e. The molecule has 71 heavy (non-hydrogen) atoms. The summed E-state index contributed by atoms with van der Waals surface area (Å²) in [6.07, 6.45) is 3.24. The summed E-state index contributed by atoms with van der Waals surface area (Å²) in [5, 5.41) is 11.9. The van der Waals surface area contributed by atoms with Crippen molar-refractivity contribution in [3.05, 3.63) is 142 Å². The van der Waals surface area contributed by atoms with E-state index in [1.54, 1.807) is 48.5 Å². The SMILES string of the molecule is CCCCN1C(=O)c2ccc3c4ccc5c6c(ccc(c7ccc(c2c37)C1=O)c64)C(=O)N(CCCN1C(=O)c2ccc3c4ccc6c7c(ccc(c8ccc(c2c38)C1=O)c74)C(=O)N(CCCC)C6=O)C5=O. The van der Waals surface area contributed by atoms with Crippen molar-refractivity contribution in [2.24, 2.45) is 0 Å². The standard InChI is InChI=1S/C59H40N4O8/c1-3-5-24-60-52(64)36-16-8-28-32-12-20-40-50-41(21-13-33(46(32)50)29-9-17-37(53(60)65)48(36)44(28)29)57(69)62(56(40)68)26-7-27-63-58(70)42-22-14-34-30-10-18-38-49-39(55(67)61(54(38)66)25-6-4-2)19-11-31(45(30)49)35-15-23-43(59(63)71)51(42)47(34)35/h8-23H,3-7,24-27H2,1-2H3. The Morgan fingerprint density at radius 1 is 0.239 bits per heavy atom. The van der Waals surface area contributed by atoms with E-state index in [0.717, 1.165) is 77.5 Å². The predicted molar refractivity (Wildman–Crippen MR) is 271 cm³/mol. The van der Waals surface area contributed by atoms with Gasteiger partial charge in [-0.3, -0.25) is 58.0 Å². The van der Waals surface area contributed by atoms with Crippen molar-refractivity contribution in [2.45, 2.75) is 46.0 Å². The monoisotopic (exact) mass is 932 g/mol. The van der Waals surface area contributed by atoms with Gasteiger partial charge in [0.25, 0.3) is 47.3 Å². The summed E-state index contributed by atoms with van der Waals surface area (Å²) in [4.78, 5) is 118. The molecule has 14 rings (SSSR count). The molecule has 0 aliphatic carbocycles. The van der Waals surface area contributed by atoms with E-state index in [1.165, 1.54) is 19.6 Å². The van der Waals surface area contributed by atoms with E-state index in [2.05, 4.69) is 0 Å². The molecule has 0 fully saturated rings. The Kier molecular flexibility index (Phi) is 8.42. The smallest absolute Gasteiger partial charge is 0.261 e. The van der Waals surface area contributed by atoms with Gasteiger partial charge >= 0.3 is 0 Å². The molecule has 0 bridgehead atoms. The summed E-state index contributed by atoms with van der Waals surface area (Å²) in [6, 6.07) is 29.1. The van der Waals surface area contributed by atoms with E-state index in [9.17, 15) is 38.4 Å². The van der Waals surface area contributed by atoms with Gasteiger partial charge in [-0.2, -0.15) is 0 Å². The van der Waals surface area contributed by atoms with Crippen molar-refractivity contribution in [2.75, 3.05) is 26.2 Å². The van der Waals surface area contributed by atoms with Crippen molar-refractivity contribution < 1.29 is 38.4 Å². The average molecular weight is 933 g/mol. The van der Waals surface area contributed by atoms with E-state index in [4.69, 9.17) is 0 Å². The van der Waals surface area contributed by atoms with E-state index < -0.39 is 23.6 Å². The first-order chi connectivity index (χ1) is 34.5. The minimum Gasteiger partial charge on any atom is -0.274 e. The second-order valence-corrected chi connectivity index (χ2v) is 19.4. The van der Waals surface area contributed by atoms with Crippen LogP contribution < -0.4 is 0 Å². The molecule has 0 radical (unpaired) electrons. The number of carbonyl (C=O) groups is 8. The van der Waals surface area contributed by atoms with Gasteiger partial charge < -0.3 is 0 Å². The van der Waals surface area contributed by atoms with Crippen LogP contribution in [0.1, 0.15) is 129 Å². The highest BCUT2D eigenvalue weighted by Gasteiger charge is 2.40. The Labute approximate surface area is 403 Å². The number of benzene rings is 10. The quantitative estimate of drug-likeness (QED) is 0.0747. The van der Waals surface area contributed by atoms with Crippen molar-refractivity contribution in [3.63, 3.8) is 0 Å². The van der Waals surface area contributed by atoms with Gasteiger partial charge in [0.05, 0.1) is 0 Å². The average Bonchev–Trinajstić information content (AvgIpc) is 3.39. The minimum absolute atomic E-state index is 0.0452. The highest BCUT2D eigenvalue weighted by atomic mass is 16.2. The number of hydrogen-bond acceptors (Lipinski definition) is 8. The van der Waals surface area contributed by atoms with Crippen LogP contribution in [0.15, 0.2) is 97.1 Å². The molecule has 8 amide bonds. The number of nitrogens with zero attached hydrogens (tertiary/aromatic N) is 4. The molecule has 0 saturated heterocycles. The maximum absolute atomic E-state index is 14.4. The molecule has 4 aliphatic rings. The third-order valence-corrected chi connectivity index (χ3v) is 15.8. The fraction of sp³-hybridized carbons (Fsp3) is 0.186. The molecule has 344 valence electrons. The lowest BCUT2D eigenvalue weighted by Gasteiger charge is -2.31. The van der Waals surface area contributed by atoms with Gasteiger partial charge in [-0.1, -0.05) is 75.2 Å². The van der Waals surface area contributed by atoms with Gasteiger partial charge in [0.1, 0.15) is 0 Å². The summed E-state index contributed by atoms with van der Waals surface area (Å²) in [5.74, 6) is -3.15. The van der Waals surface area contributed by atoms with Gasteiger partial charge in [0.2, 0.25) is 0 Å². The third-order valence-electron chi connectivity index (χ3n) is 15.8. The molecule has 4 heterocycles. The predicted octanol–water partition coefficient (Wildman–Crippen LogP) is 10.9. The van der Waals surface area contributed by atoms with Crippen molar-refractivity contribution in [1.82, 2.24) is 19.6 Å². The highest BCUT2D eigenvalue weighted by molar-refractivity contribution is 6.43. The first-order valence-electron chi connectivity index (χ1n) is 24.4. The number of hydrogen-bond donors (Lipinski definition) is 0. The molecule has 10 aromatic rings. The van der Waals surface area contributed by atoms with E-state index in [0.29, 0.717) is 92.0 Å². The number of unbranched alkanes of at least 4 members (excludes halogenated alkanes) is 2. The van der Waals surface area contributed by atoms with E-state index >= 15 is 0 Å². The summed E-state index contributed by atoms with van der Waals surface area (Å²) < 4.78 is 0. The zero-order chi connectivity index (χ0) is 48.5. The van der Waals surface area contributed by atoms with Crippen LogP contribution in [-0.4, -0.2) is 93.0 Å². The van der Waals surface area contributed by atoms with Gasteiger partial charge in [-0.05, 0) is 132 Å². The fourth-order valence-corrected chi connectivity index (χ4v) is 12.6. The van der Waals surface area contributed by atoms with Crippen LogP contribution in [0.25, 0.3) is 86.2 Å². The summed E-state index contributed by atoms with van der Waals surface area (Å²) in [6.45, 7) is 4.64. The van der Waals surface area contributed by atoms with Gasteiger partial charge in [-0.15, -0.1) is 0 Å². The number of imide groups is 4. The molecule has 0 unspecified atom stereocenters. The molecule has 0 N–H and O–H groups in total. The first kappa shape index (κ1) is 41.3. The van der Waals surface area contributed by atoms with Crippen LogP contribution in [0.3, 0.4) is 0 Å². The van der Waals surface area contributed by atoms with Crippen LogP contribution >= 0.6 is 0 Å². The van der Waals surface area contributed by atoms with Crippen molar-refractivity contribution in [3.8, 4) is 0 Å². The van der Waals surface area contributed by atoms with E-state index in [1.807, 2.05) is 62.4 Å². The number of fused-ring (bicyclic) bond motifs is 4. The van der Waals surface area contributed by atoms with Gasteiger partial charge in [0, 0.05) is 92.2 Å². The number of amides is 8. The Bertz CT molecular complexity index is 3750. The molecule has 12 nitrogen and oxygen atoms in total. The van der Waals surface area contributed by atoms with E-state index in [-0.39, 0.29) is 43.1 Å². The molecule has 0 spiro atoms. The Hall–Kier alpha value is -8.64. The molecular formula is C59H40N4O8. The Morgan fingerprint density at radius 2 is 0.408 bits per heavy atom. The lowest BCUT2D eigenvalue weighted by atomic mass is 9.82. The highest BCUT2D eigenvalue weighted by Crippen LogP contribution is 2.48. The minimum atomic E-state index is -0.477. The Balaban J connectivity index is 0.778. The topological polar surface area (TPSA) is 150 Å². The molecule has 4 aliphatic heterocycles. The zero-order valence-electron chi connectivity index (χ0n) is 38.7. The van der Waals surface area contributed by atoms with Crippen LogP contribution in [0, 0.1) is 0 Å². The van der Waals surface area contributed by atoms with Crippen LogP contribution in [0.4, 0.5) is 0 Å². The van der Waals surface area contributed by atoms with Crippen LogP contribution in [0.5, 0.6) is 0 Å². The molecule has 0 aromatic heterocycles. The molecule has 10 aromatic carbocycles. The lowest BCUT2D eigenvalue weighted by Crippen LogP contribution is -2.44. The van der Waals surface area contributed by atoms with Crippen LogP contribution in [0.2, 0.25) is 0 Å². The summed E-state index contributed by atoms with van der Waals surface area (Å²) in [5.41, 5.74) is 3.35. The Morgan fingerprint density at radius 3 is 0.577 bits per heavy atom. The molecular weight excluding hydrogens is 893 g/mol. The fourth-order valence-electron chi connectivity index (χ4n) is 12.6. The summed E-state index contributed by atoms with van der Waals surface area (Å²) in [7, 11) is 0. The normalized spacial score (nSPS) is 15.8.